The lowest BCUT2D eigenvalue weighted by molar-refractivity contribution is 0.185. The minimum Gasteiger partial charge on any atom is -0.398 e. The van der Waals surface area contributed by atoms with Crippen LogP contribution in [0.15, 0.2) is 16.6 Å². The Hall–Kier alpha value is -1.05. The molecule has 3 nitrogen and oxygen atoms in total. The third-order valence-electron chi connectivity index (χ3n) is 3.96. The van der Waals surface area contributed by atoms with Crippen molar-refractivity contribution in [2.45, 2.75) is 44.7 Å². The van der Waals surface area contributed by atoms with E-state index in [-0.39, 0.29) is 0 Å². The fourth-order valence-corrected chi connectivity index (χ4v) is 3.29. The van der Waals surface area contributed by atoms with Gasteiger partial charge in [-0.2, -0.15) is 5.26 Å². The van der Waals surface area contributed by atoms with E-state index in [2.05, 4.69) is 33.9 Å². The lowest BCUT2D eigenvalue weighted by Crippen LogP contribution is -2.33. The summed E-state index contributed by atoms with van der Waals surface area (Å²) in [6, 6.07) is 6.51. The molecule has 1 aliphatic carbocycles. The SMILES string of the molecule is CN(Cc1cc(C#N)cc(Br)c1N)C1CCCCC1. The van der Waals surface area contributed by atoms with Crippen LogP contribution in [0.5, 0.6) is 0 Å². The Morgan fingerprint density at radius 3 is 2.68 bits per heavy atom. The highest BCUT2D eigenvalue weighted by molar-refractivity contribution is 9.10. The number of nitrogens with zero attached hydrogens (tertiary/aromatic N) is 2. The van der Waals surface area contributed by atoms with Gasteiger partial charge in [0.25, 0.3) is 0 Å². The van der Waals surface area contributed by atoms with Gasteiger partial charge in [0.05, 0.1) is 17.3 Å². The van der Waals surface area contributed by atoms with E-state index in [1.807, 2.05) is 6.07 Å². The first-order valence-electron chi connectivity index (χ1n) is 6.80. The van der Waals surface area contributed by atoms with Crippen LogP contribution in [0.3, 0.4) is 0 Å². The van der Waals surface area contributed by atoms with Crippen LogP contribution in [0.4, 0.5) is 5.69 Å². The van der Waals surface area contributed by atoms with Crippen LogP contribution in [0, 0.1) is 11.3 Å². The molecule has 1 aliphatic rings. The topological polar surface area (TPSA) is 53.0 Å². The fraction of sp³-hybridized carbons (Fsp3) is 0.533. The molecule has 0 spiro atoms. The summed E-state index contributed by atoms with van der Waals surface area (Å²) in [6.07, 6.45) is 6.56. The average molecular weight is 322 g/mol. The van der Waals surface area contributed by atoms with Crippen LogP contribution in [0.2, 0.25) is 0 Å². The zero-order valence-corrected chi connectivity index (χ0v) is 12.9. The molecule has 2 rings (SSSR count). The average Bonchev–Trinajstić information content (AvgIpc) is 2.44. The molecule has 1 saturated carbocycles. The molecular weight excluding hydrogens is 302 g/mol. The van der Waals surface area contributed by atoms with Crippen molar-refractivity contribution in [3.05, 3.63) is 27.7 Å². The van der Waals surface area contributed by atoms with Gasteiger partial charge in [0.2, 0.25) is 0 Å². The third-order valence-corrected chi connectivity index (χ3v) is 4.62. The van der Waals surface area contributed by atoms with E-state index in [1.165, 1.54) is 32.1 Å². The van der Waals surface area contributed by atoms with Gasteiger partial charge >= 0.3 is 0 Å². The molecule has 0 amide bonds. The summed E-state index contributed by atoms with van der Waals surface area (Å²) in [7, 11) is 2.16. The van der Waals surface area contributed by atoms with E-state index in [0.717, 1.165) is 22.3 Å². The maximum Gasteiger partial charge on any atom is 0.0992 e. The predicted molar refractivity (Wildman–Crippen MR) is 81.6 cm³/mol. The number of nitrogen functional groups attached to an aromatic ring is 1. The van der Waals surface area contributed by atoms with Crippen molar-refractivity contribution >= 4 is 21.6 Å². The number of rotatable bonds is 3. The number of nitriles is 1. The summed E-state index contributed by atoms with van der Waals surface area (Å²) in [6.45, 7) is 0.810. The van der Waals surface area contributed by atoms with Crippen LogP contribution in [-0.4, -0.2) is 18.0 Å². The lowest BCUT2D eigenvalue weighted by Gasteiger charge is -2.31. The van der Waals surface area contributed by atoms with Gasteiger partial charge in [0, 0.05) is 17.1 Å². The summed E-state index contributed by atoms with van der Waals surface area (Å²) < 4.78 is 0.818. The first kappa shape index (κ1) is 14.4. The molecule has 0 bridgehead atoms. The van der Waals surface area contributed by atoms with Crippen LogP contribution < -0.4 is 5.73 Å². The second-order valence-corrected chi connectivity index (χ2v) is 6.20. The molecule has 0 aliphatic heterocycles. The Balaban J connectivity index is 2.13. The summed E-state index contributed by atoms with van der Waals surface area (Å²) >= 11 is 3.43. The Bertz CT molecular complexity index is 487. The highest BCUT2D eigenvalue weighted by atomic mass is 79.9. The van der Waals surface area contributed by atoms with Crippen LogP contribution in [0.25, 0.3) is 0 Å². The zero-order chi connectivity index (χ0) is 13.8. The third kappa shape index (κ3) is 3.49. The zero-order valence-electron chi connectivity index (χ0n) is 11.3. The quantitative estimate of drug-likeness (QED) is 0.864. The van der Waals surface area contributed by atoms with E-state index in [1.54, 1.807) is 6.07 Å². The van der Waals surface area contributed by atoms with Gasteiger partial charge in [-0.3, -0.25) is 4.90 Å². The summed E-state index contributed by atoms with van der Waals surface area (Å²) in [5.41, 5.74) is 8.55. The Labute approximate surface area is 123 Å². The highest BCUT2D eigenvalue weighted by Gasteiger charge is 2.19. The molecular formula is C15H20BrN3. The minimum atomic E-state index is 0.651. The molecule has 102 valence electrons. The van der Waals surface area contributed by atoms with Gasteiger partial charge in [-0.05, 0) is 53.5 Å². The monoisotopic (exact) mass is 321 g/mol. The van der Waals surface area contributed by atoms with Crippen molar-refractivity contribution in [2.75, 3.05) is 12.8 Å². The van der Waals surface area contributed by atoms with E-state index >= 15 is 0 Å². The maximum absolute atomic E-state index is 9.03. The van der Waals surface area contributed by atoms with Crippen molar-refractivity contribution in [2.24, 2.45) is 0 Å². The van der Waals surface area contributed by atoms with Crippen LogP contribution in [-0.2, 0) is 6.54 Å². The largest absolute Gasteiger partial charge is 0.398 e. The minimum absolute atomic E-state index is 0.651. The predicted octanol–water partition coefficient (Wildman–Crippen LogP) is 3.67. The molecule has 0 radical (unpaired) electrons. The second-order valence-electron chi connectivity index (χ2n) is 5.35. The molecule has 1 aromatic rings. The first-order valence-corrected chi connectivity index (χ1v) is 7.59. The summed E-state index contributed by atoms with van der Waals surface area (Å²) in [4.78, 5) is 2.37. The number of nitrogens with two attached hydrogens (primary N) is 1. The number of halogens is 1. The molecule has 19 heavy (non-hydrogen) atoms. The van der Waals surface area contributed by atoms with Crippen molar-refractivity contribution in [3.63, 3.8) is 0 Å². The normalized spacial score (nSPS) is 16.5. The molecule has 0 unspecified atom stereocenters. The molecule has 4 heteroatoms. The summed E-state index contributed by atoms with van der Waals surface area (Å²) in [5, 5.41) is 9.03. The van der Waals surface area contributed by atoms with Crippen molar-refractivity contribution < 1.29 is 0 Å². The number of anilines is 1. The second kappa shape index (κ2) is 6.40. The summed E-state index contributed by atoms with van der Waals surface area (Å²) in [5.74, 6) is 0. The smallest absolute Gasteiger partial charge is 0.0992 e. The molecule has 1 aromatic carbocycles. The van der Waals surface area contributed by atoms with E-state index < -0.39 is 0 Å². The standard InChI is InChI=1S/C15H20BrN3/c1-19(13-5-3-2-4-6-13)10-12-7-11(9-17)8-14(16)15(12)18/h7-8,13H,2-6,10,18H2,1H3. The highest BCUT2D eigenvalue weighted by Crippen LogP contribution is 2.28. The van der Waals surface area contributed by atoms with E-state index in [4.69, 9.17) is 11.0 Å². The van der Waals surface area contributed by atoms with Gasteiger partial charge in [-0.1, -0.05) is 19.3 Å². The Kier molecular flexibility index (Phi) is 4.84. The Morgan fingerprint density at radius 2 is 2.05 bits per heavy atom. The molecule has 0 aromatic heterocycles. The van der Waals surface area contributed by atoms with Gasteiger partial charge in [0.15, 0.2) is 0 Å². The molecule has 0 heterocycles. The molecule has 0 saturated heterocycles. The maximum atomic E-state index is 9.03. The lowest BCUT2D eigenvalue weighted by atomic mass is 9.94. The van der Waals surface area contributed by atoms with E-state index in [0.29, 0.717) is 11.6 Å². The first-order chi connectivity index (χ1) is 9.11. The van der Waals surface area contributed by atoms with Gasteiger partial charge in [-0.15, -0.1) is 0 Å². The molecule has 0 atom stereocenters. The number of benzene rings is 1. The number of hydrogen-bond donors (Lipinski definition) is 1. The van der Waals surface area contributed by atoms with Crippen molar-refractivity contribution in [3.8, 4) is 6.07 Å². The van der Waals surface area contributed by atoms with Crippen LogP contribution >= 0.6 is 15.9 Å². The van der Waals surface area contributed by atoms with Crippen molar-refractivity contribution in [1.29, 1.82) is 5.26 Å². The van der Waals surface area contributed by atoms with Gasteiger partial charge in [-0.25, -0.2) is 0 Å². The Morgan fingerprint density at radius 1 is 1.37 bits per heavy atom. The van der Waals surface area contributed by atoms with Crippen LogP contribution in [0.1, 0.15) is 43.2 Å². The van der Waals surface area contributed by atoms with Crippen molar-refractivity contribution in [1.82, 2.24) is 4.90 Å². The number of hydrogen-bond acceptors (Lipinski definition) is 3. The molecule has 1 fully saturated rings. The molecule has 2 N–H and O–H groups in total. The van der Waals surface area contributed by atoms with Gasteiger partial charge in [0.1, 0.15) is 0 Å². The fourth-order valence-electron chi connectivity index (χ4n) is 2.79. The van der Waals surface area contributed by atoms with Gasteiger partial charge < -0.3 is 5.73 Å². The van der Waals surface area contributed by atoms with E-state index in [9.17, 15) is 0 Å².